The first kappa shape index (κ1) is 25.4. The molecule has 0 radical (unpaired) electrons. The van der Waals surface area contributed by atoms with Crippen LogP contribution in [0.3, 0.4) is 0 Å². The number of amides is 1. The van der Waals surface area contributed by atoms with Gasteiger partial charge in [-0.2, -0.15) is 0 Å². The van der Waals surface area contributed by atoms with Crippen molar-refractivity contribution in [1.29, 1.82) is 0 Å². The number of carbonyl (C=O) groups is 2. The summed E-state index contributed by atoms with van der Waals surface area (Å²) in [5, 5.41) is 12.2. The van der Waals surface area contributed by atoms with Crippen LogP contribution in [0.1, 0.15) is 80.6 Å². The molecule has 0 saturated carbocycles. The summed E-state index contributed by atoms with van der Waals surface area (Å²) in [5.41, 5.74) is -0.282. The Labute approximate surface area is 165 Å². The number of unbranched alkanes of at least 4 members (excludes halogenated alkanes) is 3. The molecule has 5 nitrogen and oxygen atoms in total. The molecule has 0 aromatic heterocycles. The zero-order chi connectivity index (χ0) is 21.1. The standard InChI is InChI=1S/C22H39NO4/c1-17(24)19(20(26)27-22(5,6)7)23-18(25)15-13-11-9-8-10-12-14-16-21(2,3)4/h9,11,13,15,17,19,24H,8,10,12,14,16H2,1-7H3,(H,23,25)/b11-9+,15-13+/t17-,19+/m1/s1. The summed E-state index contributed by atoms with van der Waals surface area (Å²) in [6, 6.07) is -1.09. The van der Waals surface area contributed by atoms with Crippen molar-refractivity contribution in [3.63, 3.8) is 0 Å². The lowest BCUT2D eigenvalue weighted by molar-refractivity contribution is -0.161. The smallest absolute Gasteiger partial charge is 0.331 e. The van der Waals surface area contributed by atoms with E-state index < -0.39 is 29.6 Å². The van der Waals surface area contributed by atoms with E-state index in [4.69, 9.17) is 4.74 Å². The van der Waals surface area contributed by atoms with Gasteiger partial charge >= 0.3 is 5.97 Å². The molecule has 156 valence electrons. The molecule has 0 saturated heterocycles. The highest BCUT2D eigenvalue weighted by Crippen LogP contribution is 2.22. The summed E-state index contributed by atoms with van der Waals surface area (Å²) in [4.78, 5) is 24.0. The number of hydrogen-bond acceptors (Lipinski definition) is 4. The maximum Gasteiger partial charge on any atom is 0.331 e. The molecule has 5 heteroatoms. The molecule has 0 bridgehead atoms. The Morgan fingerprint density at radius 2 is 1.67 bits per heavy atom. The van der Waals surface area contributed by atoms with Crippen LogP contribution in [0.5, 0.6) is 0 Å². The third-order valence-electron chi connectivity index (χ3n) is 3.73. The number of rotatable bonds is 10. The molecule has 0 aliphatic heterocycles. The summed E-state index contributed by atoms with van der Waals surface area (Å²) < 4.78 is 5.22. The van der Waals surface area contributed by atoms with E-state index in [0.29, 0.717) is 5.41 Å². The Morgan fingerprint density at radius 1 is 1.04 bits per heavy atom. The van der Waals surface area contributed by atoms with E-state index in [1.807, 2.05) is 12.2 Å². The Hall–Kier alpha value is -1.62. The molecule has 0 spiro atoms. The summed E-state index contributed by atoms with van der Waals surface area (Å²) in [6.45, 7) is 13.4. The van der Waals surface area contributed by atoms with Crippen LogP contribution in [-0.2, 0) is 14.3 Å². The molecule has 0 fully saturated rings. The second-order valence-electron chi connectivity index (χ2n) is 9.21. The fourth-order valence-corrected chi connectivity index (χ4v) is 2.36. The maximum atomic E-state index is 12.1. The predicted octanol–water partition coefficient (Wildman–Crippen LogP) is 4.30. The second kappa shape index (κ2) is 12.0. The highest BCUT2D eigenvalue weighted by molar-refractivity contribution is 5.92. The number of aliphatic hydroxyl groups is 1. The van der Waals surface area contributed by atoms with Crippen LogP contribution >= 0.6 is 0 Å². The Morgan fingerprint density at radius 3 is 2.19 bits per heavy atom. The zero-order valence-corrected chi connectivity index (χ0v) is 18.2. The van der Waals surface area contributed by atoms with Crippen molar-refractivity contribution in [2.75, 3.05) is 0 Å². The van der Waals surface area contributed by atoms with E-state index in [0.717, 1.165) is 12.8 Å². The van der Waals surface area contributed by atoms with Crippen molar-refractivity contribution < 1.29 is 19.4 Å². The van der Waals surface area contributed by atoms with Gasteiger partial charge in [-0.1, -0.05) is 51.8 Å². The maximum absolute atomic E-state index is 12.1. The lowest BCUT2D eigenvalue weighted by Crippen LogP contribution is -2.49. The molecule has 0 aliphatic rings. The number of aliphatic hydroxyl groups excluding tert-OH is 1. The first-order valence-corrected chi connectivity index (χ1v) is 9.86. The SMILES string of the molecule is C[C@@H](O)[C@H](NC(=O)/C=C/C=C/CCCCCC(C)(C)C)C(=O)OC(C)(C)C. The van der Waals surface area contributed by atoms with Crippen LogP contribution in [0.15, 0.2) is 24.3 Å². The molecule has 0 aromatic rings. The van der Waals surface area contributed by atoms with E-state index in [-0.39, 0.29) is 0 Å². The van der Waals surface area contributed by atoms with Crippen LogP contribution in [0.4, 0.5) is 0 Å². The van der Waals surface area contributed by atoms with Crippen LogP contribution in [-0.4, -0.2) is 34.7 Å². The molecule has 27 heavy (non-hydrogen) atoms. The number of hydrogen-bond donors (Lipinski definition) is 2. The molecule has 0 aromatic carbocycles. The van der Waals surface area contributed by atoms with E-state index >= 15 is 0 Å². The summed E-state index contributed by atoms with van der Waals surface area (Å²) in [6.07, 6.45) is 11.6. The van der Waals surface area contributed by atoms with E-state index in [1.54, 1.807) is 26.8 Å². The molecular weight excluding hydrogens is 342 g/mol. The number of ether oxygens (including phenoxy) is 1. The molecular formula is C22H39NO4. The first-order valence-electron chi connectivity index (χ1n) is 9.86. The van der Waals surface area contributed by atoms with Gasteiger partial charge in [-0.25, -0.2) is 4.79 Å². The quantitative estimate of drug-likeness (QED) is 0.256. The molecule has 2 atom stereocenters. The van der Waals surface area contributed by atoms with Gasteiger partial charge < -0.3 is 15.2 Å². The van der Waals surface area contributed by atoms with E-state index in [1.165, 1.54) is 32.3 Å². The van der Waals surface area contributed by atoms with Gasteiger partial charge in [0.15, 0.2) is 6.04 Å². The van der Waals surface area contributed by atoms with Gasteiger partial charge in [0.1, 0.15) is 5.60 Å². The van der Waals surface area contributed by atoms with Crippen molar-refractivity contribution in [1.82, 2.24) is 5.32 Å². The topological polar surface area (TPSA) is 75.6 Å². The Kier molecular flexibility index (Phi) is 11.2. The van der Waals surface area contributed by atoms with Crippen molar-refractivity contribution in [2.45, 2.75) is 98.3 Å². The van der Waals surface area contributed by atoms with Crippen LogP contribution in [0, 0.1) is 5.41 Å². The highest BCUT2D eigenvalue weighted by atomic mass is 16.6. The van der Waals surface area contributed by atoms with Gasteiger partial charge in [-0.15, -0.1) is 0 Å². The second-order valence-corrected chi connectivity index (χ2v) is 9.21. The third kappa shape index (κ3) is 15.2. The van der Waals surface area contributed by atoms with Crippen LogP contribution in [0.25, 0.3) is 0 Å². The first-order chi connectivity index (χ1) is 12.3. The minimum Gasteiger partial charge on any atom is -0.458 e. The van der Waals surface area contributed by atoms with Crippen molar-refractivity contribution in [2.24, 2.45) is 5.41 Å². The Balaban J connectivity index is 4.24. The van der Waals surface area contributed by atoms with Gasteiger partial charge in [0.2, 0.25) is 5.91 Å². The van der Waals surface area contributed by atoms with Gasteiger partial charge in [0, 0.05) is 6.08 Å². The highest BCUT2D eigenvalue weighted by Gasteiger charge is 2.29. The number of carbonyl (C=O) groups excluding carboxylic acids is 2. The molecule has 2 N–H and O–H groups in total. The number of allylic oxidation sites excluding steroid dienone is 3. The fraction of sp³-hybridized carbons (Fsp3) is 0.727. The average molecular weight is 382 g/mol. The zero-order valence-electron chi connectivity index (χ0n) is 18.2. The minimum absolute atomic E-state index is 0.398. The number of esters is 1. The minimum atomic E-state index is -1.09. The van der Waals surface area contributed by atoms with E-state index in [9.17, 15) is 14.7 Å². The molecule has 0 aliphatic carbocycles. The van der Waals surface area contributed by atoms with Gasteiger partial charge in [-0.05, 0) is 52.4 Å². The van der Waals surface area contributed by atoms with Gasteiger partial charge in [0.05, 0.1) is 6.10 Å². The monoisotopic (exact) mass is 381 g/mol. The van der Waals surface area contributed by atoms with E-state index in [2.05, 4.69) is 26.1 Å². The van der Waals surface area contributed by atoms with Crippen LogP contribution in [0.2, 0.25) is 0 Å². The van der Waals surface area contributed by atoms with Crippen LogP contribution < -0.4 is 5.32 Å². The largest absolute Gasteiger partial charge is 0.458 e. The number of nitrogens with one attached hydrogen (secondary N) is 1. The third-order valence-corrected chi connectivity index (χ3v) is 3.73. The average Bonchev–Trinajstić information content (AvgIpc) is 2.47. The van der Waals surface area contributed by atoms with Gasteiger partial charge in [0.25, 0.3) is 0 Å². The molecule has 0 heterocycles. The lowest BCUT2D eigenvalue weighted by Gasteiger charge is -2.25. The summed E-state index contributed by atoms with van der Waals surface area (Å²) >= 11 is 0. The van der Waals surface area contributed by atoms with Crippen molar-refractivity contribution >= 4 is 11.9 Å². The summed E-state index contributed by atoms with van der Waals surface area (Å²) in [7, 11) is 0. The lowest BCUT2D eigenvalue weighted by atomic mass is 9.89. The molecule has 0 unspecified atom stereocenters. The van der Waals surface area contributed by atoms with Gasteiger partial charge in [-0.3, -0.25) is 4.79 Å². The van der Waals surface area contributed by atoms with Crippen molar-refractivity contribution in [3.8, 4) is 0 Å². The molecule has 1 amide bonds. The normalized spacial score (nSPS) is 15.1. The van der Waals surface area contributed by atoms with Crippen molar-refractivity contribution in [3.05, 3.63) is 24.3 Å². The molecule has 0 rings (SSSR count). The Bertz CT molecular complexity index is 507. The fourth-order valence-electron chi connectivity index (χ4n) is 2.36. The predicted molar refractivity (Wildman–Crippen MR) is 110 cm³/mol. The summed E-state index contributed by atoms with van der Waals surface area (Å²) in [5.74, 6) is -1.09.